The fraction of sp³-hybridized carbons (Fsp3) is 0.533. The van der Waals surface area contributed by atoms with Crippen molar-refractivity contribution in [1.82, 2.24) is 5.32 Å². The molecule has 0 radical (unpaired) electrons. The molecule has 0 saturated carbocycles. The van der Waals surface area contributed by atoms with Gasteiger partial charge in [0.05, 0.1) is 11.4 Å². The number of ether oxygens (including phenoxy) is 1. The maximum atomic E-state index is 12.2. The minimum absolute atomic E-state index is 0.0261. The Hall–Kier alpha value is -1.00. The van der Waals surface area contributed by atoms with E-state index in [1.54, 1.807) is 11.8 Å². The van der Waals surface area contributed by atoms with Crippen molar-refractivity contribution >= 4 is 17.7 Å². The highest BCUT2D eigenvalue weighted by Gasteiger charge is 2.28. The van der Waals surface area contributed by atoms with Gasteiger partial charge in [-0.2, -0.15) is 0 Å². The Labute approximate surface area is 118 Å². The van der Waals surface area contributed by atoms with Crippen LogP contribution in [-0.4, -0.2) is 30.4 Å². The third-order valence-electron chi connectivity index (χ3n) is 3.72. The standard InChI is InChI=1S/C15H19NO2S/c1-10-4-5-11-8-14(19-13(11)7-10)15(17)16-9-12-3-2-6-18-12/h4-5,7,12,14H,2-3,6,8-9H2,1H3,(H,16,17)/t12-,14-/m1/s1. The normalized spacial score (nSPS) is 25.3. The van der Waals surface area contributed by atoms with Gasteiger partial charge in [0.25, 0.3) is 0 Å². The van der Waals surface area contributed by atoms with Crippen LogP contribution in [0.1, 0.15) is 24.0 Å². The van der Waals surface area contributed by atoms with Gasteiger partial charge in [-0.3, -0.25) is 4.79 Å². The molecule has 0 bridgehead atoms. The number of amides is 1. The van der Waals surface area contributed by atoms with E-state index in [9.17, 15) is 4.79 Å². The summed E-state index contributed by atoms with van der Waals surface area (Å²) in [7, 11) is 0. The predicted octanol–water partition coefficient (Wildman–Crippen LogP) is 2.31. The minimum atomic E-state index is 0.0261. The molecular formula is C15H19NO2S. The molecule has 3 rings (SSSR count). The number of aryl methyl sites for hydroxylation is 1. The van der Waals surface area contributed by atoms with Crippen LogP contribution in [-0.2, 0) is 16.0 Å². The van der Waals surface area contributed by atoms with E-state index in [1.165, 1.54) is 16.0 Å². The van der Waals surface area contributed by atoms with Crippen LogP contribution in [0.5, 0.6) is 0 Å². The third kappa shape index (κ3) is 2.95. The second-order valence-corrected chi connectivity index (χ2v) is 6.55. The summed E-state index contributed by atoms with van der Waals surface area (Å²) in [6.45, 7) is 3.58. The summed E-state index contributed by atoms with van der Waals surface area (Å²) in [4.78, 5) is 13.4. The van der Waals surface area contributed by atoms with Crippen molar-refractivity contribution in [3.8, 4) is 0 Å². The van der Waals surface area contributed by atoms with Crippen molar-refractivity contribution in [2.45, 2.75) is 42.4 Å². The zero-order chi connectivity index (χ0) is 13.2. The highest BCUT2D eigenvalue weighted by Crippen LogP contribution is 2.37. The van der Waals surface area contributed by atoms with Crippen LogP contribution in [0.3, 0.4) is 0 Å². The van der Waals surface area contributed by atoms with Crippen LogP contribution in [0.2, 0.25) is 0 Å². The van der Waals surface area contributed by atoms with E-state index in [2.05, 4.69) is 30.4 Å². The first kappa shape index (κ1) is 13.0. The molecule has 2 heterocycles. The summed E-state index contributed by atoms with van der Waals surface area (Å²) >= 11 is 1.69. The number of hydrogen-bond donors (Lipinski definition) is 1. The fourth-order valence-corrected chi connectivity index (χ4v) is 3.93. The summed E-state index contributed by atoms with van der Waals surface area (Å²) in [5.41, 5.74) is 2.56. The molecule has 2 aliphatic heterocycles. The Morgan fingerprint density at radius 2 is 2.42 bits per heavy atom. The molecule has 0 unspecified atom stereocenters. The molecule has 102 valence electrons. The average molecular weight is 277 g/mol. The summed E-state index contributed by atoms with van der Waals surface area (Å²) in [5, 5.41) is 3.06. The SMILES string of the molecule is Cc1ccc2c(c1)S[C@@H](C(=O)NC[C@H]1CCCO1)C2. The van der Waals surface area contributed by atoms with Gasteiger partial charge < -0.3 is 10.1 Å². The molecule has 1 saturated heterocycles. The van der Waals surface area contributed by atoms with Crippen LogP contribution in [0, 0.1) is 6.92 Å². The van der Waals surface area contributed by atoms with Crippen LogP contribution >= 0.6 is 11.8 Å². The van der Waals surface area contributed by atoms with Gasteiger partial charge >= 0.3 is 0 Å². The summed E-state index contributed by atoms with van der Waals surface area (Å²) in [6, 6.07) is 6.43. The molecule has 0 spiro atoms. The zero-order valence-corrected chi connectivity index (χ0v) is 12.0. The molecule has 19 heavy (non-hydrogen) atoms. The smallest absolute Gasteiger partial charge is 0.233 e. The highest BCUT2D eigenvalue weighted by atomic mass is 32.2. The van der Waals surface area contributed by atoms with Crippen molar-refractivity contribution in [2.75, 3.05) is 13.2 Å². The quantitative estimate of drug-likeness (QED) is 0.921. The number of carbonyl (C=O) groups excluding carboxylic acids is 1. The first-order chi connectivity index (χ1) is 9.22. The number of nitrogens with one attached hydrogen (secondary N) is 1. The van der Waals surface area contributed by atoms with Gasteiger partial charge in [0, 0.05) is 18.0 Å². The fourth-order valence-electron chi connectivity index (χ4n) is 2.61. The van der Waals surface area contributed by atoms with E-state index < -0.39 is 0 Å². The largest absolute Gasteiger partial charge is 0.376 e. The van der Waals surface area contributed by atoms with Crippen LogP contribution in [0.25, 0.3) is 0 Å². The molecule has 3 nitrogen and oxygen atoms in total. The monoisotopic (exact) mass is 277 g/mol. The number of fused-ring (bicyclic) bond motifs is 1. The van der Waals surface area contributed by atoms with E-state index in [0.29, 0.717) is 6.54 Å². The number of hydrogen-bond acceptors (Lipinski definition) is 3. The molecule has 4 heteroatoms. The predicted molar refractivity (Wildman–Crippen MR) is 76.5 cm³/mol. The van der Waals surface area contributed by atoms with Crippen LogP contribution in [0.4, 0.5) is 0 Å². The van der Waals surface area contributed by atoms with Crippen molar-refractivity contribution < 1.29 is 9.53 Å². The topological polar surface area (TPSA) is 38.3 Å². The van der Waals surface area contributed by atoms with E-state index in [-0.39, 0.29) is 17.3 Å². The molecule has 1 aromatic rings. The minimum Gasteiger partial charge on any atom is -0.376 e. The first-order valence-electron chi connectivity index (χ1n) is 6.88. The maximum Gasteiger partial charge on any atom is 0.233 e. The lowest BCUT2D eigenvalue weighted by Gasteiger charge is -2.13. The molecule has 1 amide bonds. The van der Waals surface area contributed by atoms with Crippen LogP contribution in [0.15, 0.2) is 23.1 Å². The van der Waals surface area contributed by atoms with Gasteiger partial charge in [-0.05, 0) is 37.8 Å². The van der Waals surface area contributed by atoms with Gasteiger partial charge in [0.15, 0.2) is 0 Å². The molecule has 1 N–H and O–H groups in total. The molecule has 2 atom stereocenters. The Kier molecular flexibility index (Phi) is 3.80. The molecule has 2 aliphatic rings. The molecular weight excluding hydrogens is 258 g/mol. The van der Waals surface area contributed by atoms with E-state index >= 15 is 0 Å². The van der Waals surface area contributed by atoms with Crippen molar-refractivity contribution in [3.05, 3.63) is 29.3 Å². The lowest BCUT2D eigenvalue weighted by Crippen LogP contribution is -2.37. The summed E-state index contributed by atoms with van der Waals surface area (Å²) in [6.07, 6.45) is 3.25. The number of thioether (sulfide) groups is 1. The molecule has 1 aromatic carbocycles. The Bertz CT molecular complexity index is 483. The number of rotatable bonds is 3. The average Bonchev–Trinajstić information content (AvgIpc) is 3.04. The van der Waals surface area contributed by atoms with Crippen molar-refractivity contribution in [1.29, 1.82) is 0 Å². The Morgan fingerprint density at radius 1 is 1.53 bits per heavy atom. The molecule has 1 fully saturated rings. The zero-order valence-electron chi connectivity index (χ0n) is 11.1. The Morgan fingerprint density at radius 3 is 3.21 bits per heavy atom. The lowest BCUT2D eigenvalue weighted by molar-refractivity contribution is -0.121. The van der Waals surface area contributed by atoms with Crippen molar-refractivity contribution in [3.63, 3.8) is 0 Å². The van der Waals surface area contributed by atoms with Crippen molar-refractivity contribution in [2.24, 2.45) is 0 Å². The third-order valence-corrected chi connectivity index (χ3v) is 5.02. The number of benzene rings is 1. The summed E-state index contributed by atoms with van der Waals surface area (Å²) < 4.78 is 5.52. The molecule has 0 aromatic heterocycles. The first-order valence-corrected chi connectivity index (χ1v) is 7.76. The molecule has 0 aliphatic carbocycles. The highest BCUT2D eigenvalue weighted by molar-refractivity contribution is 8.01. The van der Waals surface area contributed by atoms with Gasteiger partial charge in [0.2, 0.25) is 5.91 Å². The van der Waals surface area contributed by atoms with Gasteiger partial charge in [-0.1, -0.05) is 17.7 Å². The van der Waals surface area contributed by atoms with E-state index in [4.69, 9.17) is 4.74 Å². The van der Waals surface area contributed by atoms with Gasteiger partial charge in [0.1, 0.15) is 0 Å². The lowest BCUT2D eigenvalue weighted by atomic mass is 10.1. The number of carbonyl (C=O) groups is 1. The van der Waals surface area contributed by atoms with Crippen LogP contribution < -0.4 is 5.32 Å². The Balaban J connectivity index is 1.55. The maximum absolute atomic E-state index is 12.2. The second kappa shape index (κ2) is 5.55. The summed E-state index contributed by atoms with van der Waals surface area (Å²) in [5.74, 6) is 0.148. The van der Waals surface area contributed by atoms with E-state index in [1.807, 2.05) is 0 Å². The van der Waals surface area contributed by atoms with E-state index in [0.717, 1.165) is 25.9 Å². The van der Waals surface area contributed by atoms with Gasteiger partial charge in [-0.25, -0.2) is 0 Å². The van der Waals surface area contributed by atoms with Gasteiger partial charge in [-0.15, -0.1) is 11.8 Å². The second-order valence-electron chi connectivity index (χ2n) is 5.30.